The van der Waals surface area contributed by atoms with E-state index in [9.17, 15) is 14.7 Å². The van der Waals surface area contributed by atoms with E-state index >= 15 is 0 Å². The molecular formula is C10H7N2O3-. The summed E-state index contributed by atoms with van der Waals surface area (Å²) in [5.41, 5.74) is 0.434. The molecule has 0 saturated carbocycles. The minimum absolute atomic E-state index is 0.347. The van der Waals surface area contributed by atoms with Crippen LogP contribution in [0.5, 0.6) is 0 Å². The quantitative estimate of drug-likeness (QED) is 0.659. The number of anilines is 1. The van der Waals surface area contributed by atoms with Crippen LogP contribution in [0, 0.1) is 0 Å². The molecule has 5 nitrogen and oxygen atoms in total. The highest BCUT2D eigenvalue weighted by atomic mass is 16.3. The third-order valence-corrected chi connectivity index (χ3v) is 1.98. The zero-order valence-corrected chi connectivity index (χ0v) is 7.71. The third-order valence-electron chi connectivity index (χ3n) is 1.98. The molecule has 0 N–H and O–H groups in total. The van der Waals surface area contributed by atoms with Crippen molar-refractivity contribution in [3.05, 3.63) is 30.3 Å². The van der Waals surface area contributed by atoms with E-state index in [1.165, 1.54) is 0 Å². The first-order valence-corrected chi connectivity index (χ1v) is 4.35. The monoisotopic (exact) mass is 203 g/mol. The molecule has 0 spiro atoms. The van der Waals surface area contributed by atoms with Crippen LogP contribution in [0.2, 0.25) is 0 Å². The van der Waals surface area contributed by atoms with E-state index in [4.69, 9.17) is 0 Å². The van der Waals surface area contributed by atoms with Crippen LogP contribution in [0.15, 0.2) is 35.3 Å². The van der Waals surface area contributed by atoms with Gasteiger partial charge in [0.25, 0.3) is 0 Å². The van der Waals surface area contributed by atoms with Crippen LogP contribution in [-0.4, -0.2) is 17.8 Å². The fourth-order valence-corrected chi connectivity index (χ4v) is 1.34. The Kier molecular flexibility index (Phi) is 2.21. The lowest BCUT2D eigenvalue weighted by Crippen LogP contribution is -2.43. The highest BCUT2D eigenvalue weighted by Gasteiger charge is 2.26. The molecule has 5 heteroatoms. The molecule has 0 aliphatic carbocycles. The molecule has 0 atom stereocenters. The number of benzene rings is 1. The van der Waals surface area contributed by atoms with Gasteiger partial charge in [-0.2, -0.15) is 0 Å². The maximum Gasteiger partial charge on any atom is 0.353 e. The van der Waals surface area contributed by atoms with E-state index in [1.54, 1.807) is 30.3 Å². The number of imide groups is 1. The normalized spacial score (nSPS) is 16.5. The summed E-state index contributed by atoms with van der Waals surface area (Å²) in [5, 5.41) is 10.8. The molecule has 1 heterocycles. The van der Waals surface area contributed by atoms with Gasteiger partial charge in [-0.15, -0.1) is 0 Å². The fraction of sp³-hybridized carbons (Fsp3) is 0.100. The van der Waals surface area contributed by atoms with Gasteiger partial charge in [0.15, 0.2) is 0 Å². The second-order valence-electron chi connectivity index (χ2n) is 3.03. The van der Waals surface area contributed by atoms with Crippen molar-refractivity contribution in [2.75, 3.05) is 4.90 Å². The predicted octanol–water partition coefficient (Wildman–Crippen LogP) is 0.302. The Hall–Kier alpha value is -2.17. The highest BCUT2D eigenvalue weighted by Crippen LogP contribution is 2.18. The van der Waals surface area contributed by atoms with E-state index in [2.05, 4.69) is 4.99 Å². The standard InChI is InChI=1S/C10H8N2O3/c13-8-6-9(14)12(10(15)11-8)7-4-2-1-3-5-7/h1-5H,6H2,(H,11,13,15)/p-1. The molecule has 0 aromatic heterocycles. The molecule has 1 aliphatic heterocycles. The van der Waals surface area contributed by atoms with Crippen LogP contribution in [0.3, 0.4) is 0 Å². The van der Waals surface area contributed by atoms with Crippen molar-refractivity contribution < 1.29 is 14.7 Å². The second-order valence-corrected chi connectivity index (χ2v) is 3.03. The molecule has 0 saturated heterocycles. The average molecular weight is 203 g/mol. The number of nitrogens with zero attached hydrogens (tertiary/aromatic N) is 2. The van der Waals surface area contributed by atoms with Crippen molar-refractivity contribution in [1.82, 2.24) is 0 Å². The number of rotatable bonds is 1. The van der Waals surface area contributed by atoms with Gasteiger partial charge in [0.05, 0.1) is 12.1 Å². The first-order chi connectivity index (χ1) is 7.18. The van der Waals surface area contributed by atoms with Gasteiger partial charge in [0.1, 0.15) is 0 Å². The van der Waals surface area contributed by atoms with Gasteiger partial charge < -0.3 is 5.11 Å². The maximum atomic E-state index is 11.4. The Balaban J connectivity index is 2.39. The zero-order chi connectivity index (χ0) is 10.8. The number of hydrogen-bond donors (Lipinski definition) is 0. The number of aliphatic imine (C=N–C) groups is 1. The lowest BCUT2D eigenvalue weighted by atomic mass is 10.2. The number of amides is 3. The highest BCUT2D eigenvalue weighted by molar-refractivity contribution is 6.23. The largest absolute Gasteiger partial charge is 0.861 e. The molecule has 0 unspecified atom stereocenters. The molecule has 3 amide bonds. The van der Waals surface area contributed by atoms with Crippen molar-refractivity contribution in [3.63, 3.8) is 0 Å². The summed E-state index contributed by atoms with van der Waals surface area (Å²) < 4.78 is 0. The summed E-state index contributed by atoms with van der Waals surface area (Å²) in [6, 6.07) is 7.58. The molecule has 0 fully saturated rings. The maximum absolute atomic E-state index is 11.4. The van der Waals surface area contributed by atoms with Gasteiger partial charge in [-0.1, -0.05) is 18.2 Å². The van der Waals surface area contributed by atoms with E-state index in [0.29, 0.717) is 5.69 Å². The number of hydrogen-bond acceptors (Lipinski definition) is 3. The Morgan fingerprint density at radius 1 is 1.20 bits per heavy atom. The number of urea groups is 1. The Morgan fingerprint density at radius 2 is 1.87 bits per heavy atom. The summed E-state index contributed by atoms with van der Waals surface area (Å²) in [6.45, 7) is 0. The van der Waals surface area contributed by atoms with Gasteiger partial charge in [0.2, 0.25) is 5.91 Å². The van der Waals surface area contributed by atoms with Crippen LogP contribution < -0.4 is 10.0 Å². The predicted molar refractivity (Wildman–Crippen MR) is 51.4 cm³/mol. The molecule has 1 aromatic carbocycles. The van der Waals surface area contributed by atoms with Gasteiger partial charge in [-0.05, 0) is 18.0 Å². The zero-order valence-electron chi connectivity index (χ0n) is 7.71. The molecule has 0 radical (unpaired) electrons. The first-order valence-electron chi connectivity index (χ1n) is 4.35. The fourth-order valence-electron chi connectivity index (χ4n) is 1.34. The summed E-state index contributed by atoms with van der Waals surface area (Å²) in [5.74, 6) is -1.22. The van der Waals surface area contributed by atoms with Crippen molar-refractivity contribution in [2.45, 2.75) is 6.42 Å². The van der Waals surface area contributed by atoms with Gasteiger partial charge in [-0.3, -0.25) is 4.79 Å². The van der Waals surface area contributed by atoms with E-state index in [1.807, 2.05) is 0 Å². The van der Waals surface area contributed by atoms with Crippen molar-refractivity contribution in [1.29, 1.82) is 0 Å². The Bertz CT molecular complexity index is 439. The topological polar surface area (TPSA) is 72.8 Å². The van der Waals surface area contributed by atoms with Crippen molar-refractivity contribution >= 4 is 23.5 Å². The van der Waals surface area contributed by atoms with Gasteiger partial charge >= 0.3 is 6.03 Å². The van der Waals surface area contributed by atoms with Gasteiger partial charge in [-0.25, -0.2) is 14.7 Å². The minimum atomic E-state index is -0.817. The second kappa shape index (κ2) is 3.53. The van der Waals surface area contributed by atoms with Crippen LogP contribution in [0.4, 0.5) is 10.5 Å². The van der Waals surface area contributed by atoms with Crippen molar-refractivity contribution in [2.24, 2.45) is 4.99 Å². The SMILES string of the molecule is O=C1CC([O-])=NC(=O)N1c1ccccc1. The molecule has 1 aromatic rings. The van der Waals surface area contributed by atoms with E-state index in [-0.39, 0.29) is 6.42 Å². The van der Waals surface area contributed by atoms with Gasteiger partial charge in [0, 0.05) is 0 Å². The Labute approximate surface area is 85.7 Å². The molecule has 15 heavy (non-hydrogen) atoms. The summed E-state index contributed by atoms with van der Waals surface area (Å²) in [6.07, 6.45) is -0.347. The number of carbonyl (C=O) groups excluding carboxylic acids is 2. The Morgan fingerprint density at radius 3 is 2.47 bits per heavy atom. The van der Waals surface area contributed by atoms with E-state index < -0.39 is 17.8 Å². The molecule has 2 rings (SSSR count). The third kappa shape index (κ3) is 1.71. The summed E-state index contributed by atoms with van der Waals surface area (Å²) >= 11 is 0. The van der Waals surface area contributed by atoms with Crippen LogP contribution in [0.1, 0.15) is 6.42 Å². The van der Waals surface area contributed by atoms with Crippen molar-refractivity contribution in [3.8, 4) is 0 Å². The lowest BCUT2D eigenvalue weighted by Gasteiger charge is -2.25. The molecule has 76 valence electrons. The van der Waals surface area contributed by atoms with E-state index in [0.717, 1.165) is 4.90 Å². The number of para-hydroxylation sites is 1. The molecule has 1 aliphatic rings. The number of carbonyl (C=O) groups is 2. The molecule has 0 bridgehead atoms. The average Bonchev–Trinajstić information content (AvgIpc) is 2.17. The van der Waals surface area contributed by atoms with Crippen LogP contribution >= 0.6 is 0 Å². The summed E-state index contributed by atoms with van der Waals surface area (Å²) in [4.78, 5) is 26.9. The lowest BCUT2D eigenvalue weighted by molar-refractivity contribution is -0.218. The van der Waals surface area contributed by atoms with Crippen LogP contribution in [-0.2, 0) is 4.79 Å². The smallest absolute Gasteiger partial charge is 0.353 e. The van der Waals surface area contributed by atoms with Crippen LogP contribution in [0.25, 0.3) is 0 Å². The molecular weight excluding hydrogens is 196 g/mol. The summed E-state index contributed by atoms with van der Waals surface area (Å²) in [7, 11) is 0. The minimum Gasteiger partial charge on any atom is -0.861 e. The first kappa shape index (κ1) is 9.39.